The van der Waals surface area contributed by atoms with Crippen LogP contribution in [0.4, 0.5) is 23.4 Å². The molecular formula is C29H30F4N4O2. The molecule has 0 radical (unpaired) electrons. The lowest BCUT2D eigenvalue weighted by atomic mass is 10.0. The second-order valence-electron chi connectivity index (χ2n) is 10.1. The molecule has 0 spiro atoms. The first-order valence-electron chi connectivity index (χ1n) is 13.1. The van der Waals surface area contributed by atoms with Gasteiger partial charge >= 0.3 is 6.18 Å². The normalized spacial score (nSPS) is 17.0. The van der Waals surface area contributed by atoms with E-state index in [0.717, 1.165) is 50.7 Å². The summed E-state index contributed by atoms with van der Waals surface area (Å²) in [5, 5.41) is 0. The topological polar surface area (TPSA) is 71.7 Å². The predicted octanol–water partition coefficient (Wildman–Crippen LogP) is 5.77. The highest BCUT2D eigenvalue weighted by molar-refractivity contribution is 5.94. The highest BCUT2D eigenvalue weighted by atomic mass is 19.4. The van der Waals surface area contributed by atoms with Gasteiger partial charge in [-0.15, -0.1) is 0 Å². The second-order valence-corrected chi connectivity index (χ2v) is 10.1. The SMILES string of the molecule is Nc1ncc(-c2ccc(C(=O)N3CCC(N4CCCC4)CC3)cc2)cc1OCc1ccc(F)c(C(F)(F)F)c1. The summed E-state index contributed by atoms with van der Waals surface area (Å²) in [6.07, 6.45) is 1.28. The molecule has 39 heavy (non-hydrogen) atoms. The van der Waals surface area contributed by atoms with Crippen LogP contribution >= 0.6 is 0 Å². The number of carbonyl (C=O) groups excluding carboxylic acids is 1. The standard InChI is InChI=1S/C29H30F4N4O2/c30-25-8-3-19(15-24(25)29(31,32)33)18-39-26-16-22(17-35-27(26)34)20-4-6-21(7-5-20)28(38)37-13-9-23(10-14-37)36-11-1-2-12-36/h3-8,15-17,23H,1-2,9-14,18H2,(H2,34,35). The molecule has 2 saturated heterocycles. The Morgan fingerprint density at radius 3 is 2.33 bits per heavy atom. The van der Waals surface area contributed by atoms with Gasteiger partial charge in [-0.1, -0.05) is 18.2 Å². The van der Waals surface area contributed by atoms with Crippen LogP contribution in [0.15, 0.2) is 54.7 Å². The number of aromatic nitrogens is 1. The summed E-state index contributed by atoms with van der Waals surface area (Å²) in [6, 6.07) is 12.1. The van der Waals surface area contributed by atoms with Crippen LogP contribution in [0, 0.1) is 5.82 Å². The highest BCUT2D eigenvalue weighted by Gasteiger charge is 2.34. The van der Waals surface area contributed by atoms with Crippen LogP contribution in [0.3, 0.4) is 0 Å². The van der Waals surface area contributed by atoms with Gasteiger partial charge in [0.15, 0.2) is 11.6 Å². The summed E-state index contributed by atoms with van der Waals surface area (Å²) < 4.78 is 58.3. The number of nitrogen functional groups attached to an aromatic ring is 1. The van der Waals surface area contributed by atoms with Crippen LogP contribution in [-0.2, 0) is 12.8 Å². The van der Waals surface area contributed by atoms with E-state index < -0.39 is 17.6 Å². The zero-order valence-electron chi connectivity index (χ0n) is 21.4. The predicted molar refractivity (Wildman–Crippen MR) is 140 cm³/mol. The van der Waals surface area contributed by atoms with Crippen molar-refractivity contribution in [1.29, 1.82) is 0 Å². The molecular weight excluding hydrogens is 512 g/mol. The molecule has 0 saturated carbocycles. The van der Waals surface area contributed by atoms with Crippen molar-refractivity contribution in [3.63, 3.8) is 0 Å². The number of likely N-dealkylation sites (tertiary alicyclic amines) is 2. The second kappa shape index (κ2) is 11.2. The van der Waals surface area contributed by atoms with Crippen molar-refractivity contribution in [2.45, 2.75) is 44.5 Å². The smallest absolute Gasteiger partial charge is 0.419 e. The molecule has 0 bridgehead atoms. The van der Waals surface area contributed by atoms with Crippen LogP contribution in [0.5, 0.6) is 5.75 Å². The minimum absolute atomic E-state index is 0.0124. The maximum Gasteiger partial charge on any atom is 0.419 e. The summed E-state index contributed by atoms with van der Waals surface area (Å²) >= 11 is 0. The van der Waals surface area contributed by atoms with E-state index in [0.29, 0.717) is 23.2 Å². The fourth-order valence-corrected chi connectivity index (χ4v) is 5.30. The van der Waals surface area contributed by atoms with Crippen molar-refractivity contribution >= 4 is 11.7 Å². The Bertz CT molecular complexity index is 1320. The third-order valence-electron chi connectivity index (χ3n) is 7.49. The van der Waals surface area contributed by atoms with Crippen LogP contribution in [0.2, 0.25) is 0 Å². The van der Waals surface area contributed by atoms with E-state index in [2.05, 4.69) is 9.88 Å². The molecule has 2 aliphatic rings. The molecule has 3 heterocycles. The van der Waals surface area contributed by atoms with Crippen LogP contribution in [0.25, 0.3) is 11.1 Å². The van der Waals surface area contributed by atoms with Crippen LogP contribution < -0.4 is 10.5 Å². The Labute approximate surface area is 224 Å². The van der Waals surface area contributed by atoms with Crippen molar-refractivity contribution in [3.05, 3.63) is 77.2 Å². The van der Waals surface area contributed by atoms with Crippen LogP contribution in [-0.4, -0.2) is 52.9 Å². The molecule has 2 aromatic carbocycles. The first-order valence-corrected chi connectivity index (χ1v) is 13.1. The van der Waals surface area contributed by atoms with Gasteiger partial charge in [0.2, 0.25) is 0 Å². The molecule has 1 aromatic heterocycles. The number of hydrogen-bond donors (Lipinski definition) is 1. The van der Waals surface area contributed by atoms with E-state index in [9.17, 15) is 22.4 Å². The van der Waals surface area contributed by atoms with Gasteiger partial charge in [-0.25, -0.2) is 9.37 Å². The van der Waals surface area contributed by atoms with Gasteiger partial charge in [-0.05, 0) is 80.2 Å². The Balaban J connectivity index is 1.23. The van der Waals surface area contributed by atoms with E-state index in [1.807, 2.05) is 17.0 Å². The third-order valence-corrected chi connectivity index (χ3v) is 7.49. The first-order chi connectivity index (χ1) is 18.7. The number of nitrogens with zero attached hydrogens (tertiary/aromatic N) is 3. The lowest BCUT2D eigenvalue weighted by Gasteiger charge is -2.36. The first kappa shape index (κ1) is 26.9. The monoisotopic (exact) mass is 542 g/mol. The molecule has 0 aliphatic carbocycles. The summed E-state index contributed by atoms with van der Waals surface area (Å²) in [5.74, 6) is -1.08. The number of ether oxygens (including phenoxy) is 1. The summed E-state index contributed by atoms with van der Waals surface area (Å²) in [5.41, 5.74) is 6.76. The van der Waals surface area contributed by atoms with E-state index in [-0.39, 0.29) is 29.6 Å². The van der Waals surface area contributed by atoms with Gasteiger partial charge in [-0.2, -0.15) is 13.2 Å². The Kier molecular flexibility index (Phi) is 7.74. The molecule has 6 nitrogen and oxygen atoms in total. The third kappa shape index (κ3) is 6.16. The Morgan fingerprint density at radius 1 is 0.974 bits per heavy atom. The van der Waals surface area contributed by atoms with Gasteiger partial charge in [0.25, 0.3) is 5.91 Å². The molecule has 0 atom stereocenters. The quantitative estimate of drug-likeness (QED) is 0.401. The number of alkyl halides is 3. The zero-order valence-corrected chi connectivity index (χ0v) is 21.4. The minimum atomic E-state index is -4.81. The lowest BCUT2D eigenvalue weighted by Crippen LogP contribution is -2.45. The van der Waals surface area contributed by atoms with E-state index >= 15 is 0 Å². The van der Waals surface area contributed by atoms with Gasteiger partial charge in [0.1, 0.15) is 12.4 Å². The Morgan fingerprint density at radius 2 is 1.67 bits per heavy atom. The number of benzene rings is 2. The number of pyridine rings is 1. The molecule has 10 heteroatoms. The summed E-state index contributed by atoms with van der Waals surface area (Å²) in [7, 11) is 0. The number of carbonyl (C=O) groups is 1. The van der Waals surface area contributed by atoms with Crippen molar-refractivity contribution in [3.8, 4) is 16.9 Å². The molecule has 1 amide bonds. The van der Waals surface area contributed by atoms with Crippen molar-refractivity contribution in [1.82, 2.24) is 14.8 Å². The molecule has 2 N–H and O–H groups in total. The number of hydrogen-bond acceptors (Lipinski definition) is 5. The van der Waals surface area contributed by atoms with Crippen molar-refractivity contribution in [2.24, 2.45) is 0 Å². The van der Waals surface area contributed by atoms with E-state index in [4.69, 9.17) is 10.5 Å². The number of nitrogens with two attached hydrogens (primary N) is 1. The van der Waals surface area contributed by atoms with Crippen molar-refractivity contribution < 1.29 is 27.1 Å². The highest BCUT2D eigenvalue weighted by Crippen LogP contribution is 2.33. The summed E-state index contributed by atoms with van der Waals surface area (Å²) in [6.45, 7) is 3.59. The van der Waals surface area contributed by atoms with E-state index in [1.165, 1.54) is 18.9 Å². The van der Waals surface area contributed by atoms with Gasteiger partial charge < -0.3 is 20.3 Å². The Hall–Kier alpha value is -3.66. The number of halogens is 4. The van der Waals surface area contributed by atoms with Gasteiger partial charge in [0, 0.05) is 36.5 Å². The zero-order chi connectivity index (χ0) is 27.6. The maximum absolute atomic E-state index is 13.6. The largest absolute Gasteiger partial charge is 0.485 e. The number of rotatable bonds is 6. The fraction of sp³-hybridized carbons (Fsp3) is 0.379. The minimum Gasteiger partial charge on any atom is -0.485 e. The van der Waals surface area contributed by atoms with Gasteiger partial charge in [-0.3, -0.25) is 4.79 Å². The van der Waals surface area contributed by atoms with E-state index in [1.54, 1.807) is 24.4 Å². The maximum atomic E-state index is 13.6. The summed E-state index contributed by atoms with van der Waals surface area (Å²) in [4.78, 5) is 21.7. The van der Waals surface area contributed by atoms with Gasteiger partial charge in [0.05, 0.1) is 5.56 Å². The lowest BCUT2D eigenvalue weighted by molar-refractivity contribution is -0.140. The molecule has 2 fully saturated rings. The molecule has 3 aromatic rings. The molecule has 206 valence electrons. The number of amides is 1. The molecule has 0 unspecified atom stereocenters. The van der Waals surface area contributed by atoms with Crippen LogP contribution in [0.1, 0.15) is 47.2 Å². The molecule has 2 aliphatic heterocycles. The average molecular weight is 543 g/mol. The molecule has 5 rings (SSSR count). The van der Waals surface area contributed by atoms with Crippen molar-refractivity contribution in [2.75, 3.05) is 31.9 Å². The average Bonchev–Trinajstić information content (AvgIpc) is 3.48. The fourth-order valence-electron chi connectivity index (χ4n) is 5.30. The number of anilines is 1. The number of piperidine rings is 1.